The molecule has 1 aromatic carbocycles. The summed E-state index contributed by atoms with van der Waals surface area (Å²) in [5, 5.41) is 0. The molecule has 0 radical (unpaired) electrons. The van der Waals surface area contributed by atoms with E-state index in [1.807, 2.05) is 0 Å². The first-order valence-corrected chi connectivity index (χ1v) is 8.50. The summed E-state index contributed by atoms with van der Waals surface area (Å²) in [7, 11) is 0. The number of quaternary nitrogens is 1. The van der Waals surface area contributed by atoms with Gasteiger partial charge in [0.05, 0.1) is 25.2 Å². The Hall–Kier alpha value is -2.54. The summed E-state index contributed by atoms with van der Waals surface area (Å²) < 4.78 is 0. The van der Waals surface area contributed by atoms with Crippen molar-refractivity contribution in [3.63, 3.8) is 0 Å². The van der Waals surface area contributed by atoms with Gasteiger partial charge in [0.1, 0.15) is 0 Å². The van der Waals surface area contributed by atoms with Gasteiger partial charge in [0, 0.05) is 24.3 Å². The third-order valence-electron chi connectivity index (χ3n) is 5.20. The largest absolute Gasteiger partial charge is 0.369 e. The Balaban J connectivity index is 1.72. The van der Waals surface area contributed by atoms with Crippen molar-refractivity contribution < 1.29 is 24.1 Å². The maximum Gasteiger partial charge on any atom is 0.292 e. The van der Waals surface area contributed by atoms with Crippen LogP contribution in [-0.4, -0.2) is 42.6 Å². The fourth-order valence-electron chi connectivity index (χ4n) is 3.69. The van der Waals surface area contributed by atoms with Crippen LogP contribution < -0.4 is 15.5 Å². The van der Waals surface area contributed by atoms with Gasteiger partial charge in [0.25, 0.3) is 5.91 Å². The normalized spacial score (nSPS) is 26.8. The minimum atomic E-state index is -0.409. The molecule has 2 saturated heterocycles. The number of benzene rings is 1. The summed E-state index contributed by atoms with van der Waals surface area (Å²) in [6.45, 7) is 2.79. The van der Waals surface area contributed by atoms with Crippen molar-refractivity contribution in [2.75, 3.05) is 18.0 Å². The molecular weight excluding hydrogens is 322 g/mol. The number of hydrogen-bond acceptors (Lipinski definition) is 4. The van der Waals surface area contributed by atoms with E-state index in [4.69, 9.17) is 5.73 Å². The average Bonchev–Trinajstić information content (AvgIpc) is 2.89. The van der Waals surface area contributed by atoms with Crippen molar-refractivity contribution >= 4 is 29.2 Å². The highest BCUT2D eigenvalue weighted by Gasteiger charge is 2.46. The molecule has 0 bridgehead atoms. The fraction of sp³-hybridized carbons (Fsp3) is 0.444. The minimum absolute atomic E-state index is 0.0646. The Bertz CT molecular complexity index is 720. The molecule has 2 aliphatic rings. The maximum absolute atomic E-state index is 12.8. The molecule has 2 fully saturated rings. The van der Waals surface area contributed by atoms with Gasteiger partial charge in [0.2, 0.25) is 11.8 Å². The second-order valence-corrected chi connectivity index (χ2v) is 6.76. The lowest BCUT2D eigenvalue weighted by Gasteiger charge is -2.30. The highest BCUT2D eigenvalue weighted by molar-refractivity contribution is 6.22. The smallest absolute Gasteiger partial charge is 0.292 e. The molecule has 3 rings (SSSR count). The first-order chi connectivity index (χ1) is 11.9. The predicted octanol–water partition coefficient (Wildman–Crippen LogP) is -0.699. The standard InChI is InChI=1S/C18H21N3O4/c1-11(22)12-2-4-14(5-3-12)21-16(23)10-15(18(21)25)20-8-6-13(7-9-20)17(19)24/h2-5,13,15H,6-10H2,1H3,(H2,19,24)/p+1/t15-/m1/s1. The van der Waals surface area contributed by atoms with Crippen LogP contribution in [0.25, 0.3) is 0 Å². The zero-order valence-corrected chi connectivity index (χ0v) is 14.2. The summed E-state index contributed by atoms with van der Waals surface area (Å²) in [5.41, 5.74) is 6.38. The number of Topliss-reactive ketones (excluding diaryl/α,β-unsaturated/α-hetero) is 1. The van der Waals surface area contributed by atoms with Crippen LogP contribution in [0.2, 0.25) is 0 Å². The number of rotatable bonds is 4. The SMILES string of the molecule is CC(=O)c1ccc(N2C(=O)C[C@@H]([NH+]3CCC(C(N)=O)CC3)C2=O)cc1. The second-order valence-electron chi connectivity index (χ2n) is 6.76. The molecular formula is C18H22N3O4+. The Kier molecular flexibility index (Phi) is 4.67. The van der Waals surface area contributed by atoms with Gasteiger partial charge in [-0.3, -0.25) is 19.2 Å². The lowest BCUT2D eigenvalue weighted by atomic mass is 9.95. The van der Waals surface area contributed by atoms with E-state index >= 15 is 0 Å². The molecule has 1 atom stereocenters. The number of nitrogens with zero attached hydrogens (tertiary/aromatic N) is 1. The van der Waals surface area contributed by atoms with E-state index in [2.05, 4.69) is 0 Å². The molecule has 3 N–H and O–H groups in total. The molecule has 3 amide bonds. The number of carbonyl (C=O) groups excluding carboxylic acids is 4. The number of anilines is 1. The number of piperidine rings is 1. The monoisotopic (exact) mass is 344 g/mol. The molecule has 132 valence electrons. The van der Waals surface area contributed by atoms with Crippen molar-refractivity contribution in [2.24, 2.45) is 11.7 Å². The zero-order chi connectivity index (χ0) is 18.1. The van der Waals surface area contributed by atoms with Gasteiger partial charge >= 0.3 is 0 Å². The van der Waals surface area contributed by atoms with E-state index in [-0.39, 0.29) is 35.8 Å². The van der Waals surface area contributed by atoms with Crippen molar-refractivity contribution in [2.45, 2.75) is 32.2 Å². The van der Waals surface area contributed by atoms with Crippen LogP contribution in [0.15, 0.2) is 24.3 Å². The topological polar surface area (TPSA) is 102 Å². The number of carbonyl (C=O) groups is 4. The van der Waals surface area contributed by atoms with Crippen LogP contribution in [0.4, 0.5) is 5.69 Å². The van der Waals surface area contributed by atoms with Gasteiger partial charge in [-0.25, -0.2) is 4.90 Å². The lowest BCUT2D eigenvalue weighted by molar-refractivity contribution is -0.920. The third kappa shape index (κ3) is 3.32. The number of ketones is 1. The molecule has 2 heterocycles. The molecule has 0 saturated carbocycles. The Morgan fingerprint density at radius 2 is 1.72 bits per heavy atom. The summed E-state index contributed by atoms with van der Waals surface area (Å²) in [5.74, 6) is -0.931. The molecule has 2 aliphatic heterocycles. The molecule has 0 aromatic heterocycles. The predicted molar refractivity (Wildman–Crippen MR) is 90.0 cm³/mol. The summed E-state index contributed by atoms with van der Waals surface area (Å²) >= 11 is 0. The van der Waals surface area contributed by atoms with E-state index in [0.29, 0.717) is 37.2 Å². The van der Waals surface area contributed by atoms with Crippen molar-refractivity contribution in [3.05, 3.63) is 29.8 Å². The average molecular weight is 344 g/mol. The number of amides is 3. The van der Waals surface area contributed by atoms with Gasteiger partial charge in [-0.05, 0) is 31.2 Å². The molecule has 7 heteroatoms. The first kappa shape index (κ1) is 17.3. The molecule has 0 unspecified atom stereocenters. The number of primary amides is 1. The summed E-state index contributed by atoms with van der Waals surface area (Å²) in [6.07, 6.45) is 1.47. The summed E-state index contributed by atoms with van der Waals surface area (Å²) in [4.78, 5) is 50.0. The Morgan fingerprint density at radius 1 is 1.12 bits per heavy atom. The van der Waals surface area contributed by atoms with Crippen LogP contribution in [0, 0.1) is 5.92 Å². The highest BCUT2D eigenvalue weighted by Crippen LogP contribution is 2.23. The Morgan fingerprint density at radius 3 is 2.24 bits per heavy atom. The van der Waals surface area contributed by atoms with Gasteiger partial charge in [-0.2, -0.15) is 0 Å². The molecule has 25 heavy (non-hydrogen) atoms. The van der Waals surface area contributed by atoms with E-state index in [1.54, 1.807) is 24.3 Å². The minimum Gasteiger partial charge on any atom is -0.369 e. The molecule has 1 aromatic rings. The number of nitrogens with one attached hydrogen (secondary N) is 1. The Labute approximate surface area is 145 Å². The van der Waals surface area contributed by atoms with Crippen molar-refractivity contribution in [3.8, 4) is 0 Å². The molecule has 7 nitrogen and oxygen atoms in total. The van der Waals surface area contributed by atoms with Gasteiger partial charge < -0.3 is 10.6 Å². The van der Waals surface area contributed by atoms with Gasteiger partial charge in [0.15, 0.2) is 11.8 Å². The van der Waals surface area contributed by atoms with Crippen molar-refractivity contribution in [1.82, 2.24) is 0 Å². The van der Waals surface area contributed by atoms with Crippen molar-refractivity contribution in [1.29, 1.82) is 0 Å². The second kappa shape index (κ2) is 6.76. The highest BCUT2D eigenvalue weighted by atomic mass is 16.2. The summed E-state index contributed by atoms with van der Waals surface area (Å²) in [6, 6.07) is 6.09. The third-order valence-corrected chi connectivity index (χ3v) is 5.20. The van der Waals surface area contributed by atoms with Crippen LogP contribution in [-0.2, 0) is 14.4 Å². The quantitative estimate of drug-likeness (QED) is 0.557. The van der Waals surface area contributed by atoms with Crippen LogP contribution in [0.1, 0.15) is 36.5 Å². The van der Waals surface area contributed by atoms with E-state index in [1.165, 1.54) is 11.8 Å². The number of likely N-dealkylation sites (tertiary alicyclic amines) is 1. The van der Waals surface area contributed by atoms with Gasteiger partial charge in [-0.1, -0.05) is 0 Å². The van der Waals surface area contributed by atoms with E-state index in [9.17, 15) is 19.2 Å². The maximum atomic E-state index is 12.8. The zero-order valence-electron chi connectivity index (χ0n) is 14.2. The lowest BCUT2D eigenvalue weighted by Crippen LogP contribution is -3.17. The van der Waals surface area contributed by atoms with E-state index < -0.39 is 6.04 Å². The number of nitrogens with two attached hydrogens (primary N) is 1. The number of hydrogen-bond donors (Lipinski definition) is 2. The fourth-order valence-corrected chi connectivity index (χ4v) is 3.69. The van der Waals surface area contributed by atoms with Gasteiger partial charge in [-0.15, -0.1) is 0 Å². The van der Waals surface area contributed by atoms with E-state index in [0.717, 1.165) is 4.90 Å². The molecule has 0 aliphatic carbocycles. The van der Waals surface area contributed by atoms with Crippen LogP contribution in [0.3, 0.4) is 0 Å². The molecule has 0 spiro atoms. The van der Waals surface area contributed by atoms with Crippen LogP contribution >= 0.6 is 0 Å². The first-order valence-electron chi connectivity index (χ1n) is 8.50. The number of imide groups is 1. The van der Waals surface area contributed by atoms with Crippen LogP contribution in [0.5, 0.6) is 0 Å².